The molecular weight excluding hydrogens is 74.1 g/mol. The van der Waals surface area contributed by atoms with E-state index in [4.69, 9.17) is 0 Å². The largest absolute Gasteiger partial charge is 0.307 e. The summed E-state index contributed by atoms with van der Waals surface area (Å²) < 4.78 is 0. The van der Waals surface area contributed by atoms with Gasteiger partial charge in [-0.25, -0.2) is 0 Å². The van der Waals surface area contributed by atoms with E-state index in [1.165, 1.54) is 12.8 Å². The molecule has 1 atom stereocenters. The van der Waals surface area contributed by atoms with Crippen LogP contribution < -0.4 is 5.32 Å². The topological polar surface area (TPSA) is 21.9 Å². The summed E-state index contributed by atoms with van der Waals surface area (Å²) in [7, 11) is 0. The van der Waals surface area contributed by atoms with Gasteiger partial charge < -0.3 is 5.32 Å². The predicted octanol–water partition coefficient (Wildman–Crippen LogP) is 0.920. The molecule has 0 spiro atoms. The highest BCUT2D eigenvalue weighted by molar-refractivity contribution is 4.96. The summed E-state index contributed by atoms with van der Waals surface area (Å²) in [5.41, 5.74) is 0. The first-order chi connectivity index (χ1) is 2.93. The quantitative estimate of drug-likeness (QED) is 0.494. The van der Waals surface area contributed by atoms with Crippen LogP contribution in [0, 0.1) is 6.54 Å². The lowest BCUT2D eigenvalue weighted by atomic mass is 10.3. The summed E-state index contributed by atoms with van der Waals surface area (Å²) in [6.07, 6.45) is 2.62. The van der Waals surface area contributed by atoms with Crippen LogP contribution in [0.1, 0.15) is 19.8 Å². The van der Waals surface area contributed by atoms with Gasteiger partial charge in [0.2, 0.25) is 0 Å². The molecule has 0 aliphatic carbocycles. The molecule has 1 saturated heterocycles. The van der Waals surface area contributed by atoms with Crippen LogP contribution >= 0.6 is 0 Å². The van der Waals surface area contributed by atoms with Gasteiger partial charge in [0.1, 0.15) is 0 Å². The van der Waals surface area contributed by atoms with Gasteiger partial charge in [0.15, 0.2) is 0 Å². The molecule has 1 fully saturated rings. The predicted molar refractivity (Wildman–Crippen MR) is 26.1 cm³/mol. The van der Waals surface area contributed by atoms with Gasteiger partial charge in [0, 0.05) is 12.6 Å². The van der Waals surface area contributed by atoms with Gasteiger partial charge in [-0.2, -0.15) is 0 Å². The first-order valence-electron chi connectivity index (χ1n) is 2.53. The molecule has 0 amide bonds. The van der Waals surface area contributed by atoms with E-state index in [1.54, 1.807) is 0 Å². The molecular formula is C5H10N. The molecule has 0 bridgehead atoms. The Morgan fingerprint density at radius 3 is 2.67 bits per heavy atom. The Bertz CT molecular complexity index is 39.2. The minimum absolute atomic E-state index is 0.773. The molecule has 0 aromatic rings. The fourth-order valence-corrected chi connectivity index (χ4v) is 0.546. The maximum Gasteiger partial charge on any atom is 0.0393 e. The SMILES string of the molecule is CCCC1[CH]N1. The smallest absolute Gasteiger partial charge is 0.0393 e. The molecule has 35 valence electrons. The highest BCUT2D eigenvalue weighted by Crippen LogP contribution is 2.09. The van der Waals surface area contributed by atoms with Crippen molar-refractivity contribution in [2.45, 2.75) is 25.8 Å². The molecule has 6 heavy (non-hydrogen) atoms. The molecule has 0 saturated carbocycles. The van der Waals surface area contributed by atoms with E-state index < -0.39 is 0 Å². The highest BCUT2D eigenvalue weighted by atomic mass is 15.1. The average Bonchev–Trinajstić information content (AvgIpc) is 2.21. The Morgan fingerprint density at radius 2 is 2.50 bits per heavy atom. The maximum atomic E-state index is 3.11. The zero-order valence-electron chi connectivity index (χ0n) is 4.07. The third-order valence-corrected chi connectivity index (χ3v) is 1.00. The monoisotopic (exact) mass is 84.1 g/mol. The Labute approximate surface area is 38.7 Å². The maximum absolute atomic E-state index is 3.11. The summed E-state index contributed by atoms with van der Waals surface area (Å²) in [6.45, 7) is 4.33. The molecule has 0 aromatic heterocycles. The fourth-order valence-electron chi connectivity index (χ4n) is 0.546. The van der Waals surface area contributed by atoms with Crippen LogP contribution in [-0.2, 0) is 0 Å². The third kappa shape index (κ3) is 0.977. The van der Waals surface area contributed by atoms with Crippen LogP contribution in [0.25, 0.3) is 0 Å². The van der Waals surface area contributed by atoms with Gasteiger partial charge in [-0.05, 0) is 6.42 Å². The second-order valence-corrected chi connectivity index (χ2v) is 1.73. The number of hydrogen-bond acceptors (Lipinski definition) is 1. The molecule has 1 aliphatic rings. The van der Waals surface area contributed by atoms with Crippen LogP contribution in [-0.4, -0.2) is 6.04 Å². The van der Waals surface area contributed by atoms with Crippen LogP contribution in [0.2, 0.25) is 0 Å². The van der Waals surface area contributed by atoms with Crippen molar-refractivity contribution >= 4 is 0 Å². The molecule has 1 aliphatic heterocycles. The molecule has 1 heterocycles. The standard InChI is InChI=1S/C5H10N/c1-2-3-5-4-6-5/h4-6H,2-3H2,1H3. The van der Waals surface area contributed by atoms with Crippen LogP contribution in [0.4, 0.5) is 0 Å². The van der Waals surface area contributed by atoms with E-state index in [0.29, 0.717) is 0 Å². The Kier molecular flexibility index (Phi) is 1.10. The summed E-state index contributed by atoms with van der Waals surface area (Å²) in [5.74, 6) is 0. The first-order valence-corrected chi connectivity index (χ1v) is 2.53. The van der Waals surface area contributed by atoms with E-state index in [2.05, 4.69) is 18.8 Å². The fraction of sp³-hybridized carbons (Fsp3) is 0.800. The third-order valence-electron chi connectivity index (χ3n) is 1.00. The lowest BCUT2D eigenvalue weighted by molar-refractivity contribution is 0.783. The van der Waals surface area contributed by atoms with E-state index >= 15 is 0 Å². The van der Waals surface area contributed by atoms with E-state index in [-0.39, 0.29) is 0 Å². The van der Waals surface area contributed by atoms with Crippen molar-refractivity contribution in [3.63, 3.8) is 0 Å². The molecule has 1 radical (unpaired) electrons. The van der Waals surface area contributed by atoms with Gasteiger partial charge in [-0.1, -0.05) is 13.3 Å². The van der Waals surface area contributed by atoms with Crippen molar-refractivity contribution in [3.05, 3.63) is 6.54 Å². The molecule has 1 heteroatoms. The van der Waals surface area contributed by atoms with Crippen molar-refractivity contribution in [3.8, 4) is 0 Å². The van der Waals surface area contributed by atoms with Crippen molar-refractivity contribution in [2.75, 3.05) is 0 Å². The van der Waals surface area contributed by atoms with Crippen molar-refractivity contribution < 1.29 is 0 Å². The van der Waals surface area contributed by atoms with E-state index in [9.17, 15) is 0 Å². The minimum Gasteiger partial charge on any atom is -0.307 e. The normalized spacial score (nSPS) is 30.5. The summed E-state index contributed by atoms with van der Waals surface area (Å²) in [5, 5.41) is 3.11. The molecule has 1 N–H and O–H groups in total. The van der Waals surface area contributed by atoms with Crippen LogP contribution in [0.5, 0.6) is 0 Å². The average molecular weight is 84.1 g/mol. The highest BCUT2D eigenvalue weighted by Gasteiger charge is 2.17. The van der Waals surface area contributed by atoms with Gasteiger partial charge in [-0.15, -0.1) is 0 Å². The second kappa shape index (κ2) is 1.61. The Hall–Kier alpha value is -0.0400. The second-order valence-electron chi connectivity index (χ2n) is 1.73. The first kappa shape index (κ1) is 4.13. The molecule has 0 aromatic carbocycles. The summed E-state index contributed by atoms with van der Waals surface area (Å²) in [4.78, 5) is 0. The van der Waals surface area contributed by atoms with Crippen LogP contribution in [0.15, 0.2) is 0 Å². The molecule has 1 nitrogen and oxygen atoms in total. The van der Waals surface area contributed by atoms with Gasteiger partial charge in [-0.3, -0.25) is 0 Å². The van der Waals surface area contributed by atoms with Crippen molar-refractivity contribution in [1.29, 1.82) is 0 Å². The van der Waals surface area contributed by atoms with Crippen molar-refractivity contribution in [2.24, 2.45) is 0 Å². The summed E-state index contributed by atoms with van der Waals surface area (Å²) in [6, 6.07) is 0.773. The number of rotatable bonds is 2. The van der Waals surface area contributed by atoms with E-state index in [1.807, 2.05) is 0 Å². The lowest BCUT2D eigenvalue weighted by Crippen LogP contribution is -1.85. The molecule has 1 rings (SSSR count). The van der Waals surface area contributed by atoms with Gasteiger partial charge >= 0.3 is 0 Å². The van der Waals surface area contributed by atoms with Gasteiger partial charge in [0.05, 0.1) is 0 Å². The Balaban J connectivity index is 1.88. The number of hydrogen-bond donors (Lipinski definition) is 1. The summed E-state index contributed by atoms with van der Waals surface area (Å²) >= 11 is 0. The molecule has 1 unspecified atom stereocenters. The minimum atomic E-state index is 0.773. The van der Waals surface area contributed by atoms with Crippen molar-refractivity contribution in [1.82, 2.24) is 5.32 Å². The zero-order valence-corrected chi connectivity index (χ0v) is 4.07. The number of nitrogens with one attached hydrogen (secondary N) is 1. The lowest BCUT2D eigenvalue weighted by Gasteiger charge is -1.81. The van der Waals surface area contributed by atoms with Crippen LogP contribution in [0.3, 0.4) is 0 Å². The van der Waals surface area contributed by atoms with Gasteiger partial charge in [0.25, 0.3) is 0 Å². The zero-order chi connectivity index (χ0) is 4.41. The van der Waals surface area contributed by atoms with E-state index in [0.717, 1.165) is 6.04 Å². The Morgan fingerprint density at radius 1 is 1.83 bits per heavy atom.